The van der Waals surface area contributed by atoms with E-state index >= 15 is 0 Å². The summed E-state index contributed by atoms with van der Waals surface area (Å²) < 4.78 is 36.4. The van der Waals surface area contributed by atoms with Gasteiger partial charge in [-0.05, 0) is 24.6 Å². The van der Waals surface area contributed by atoms with E-state index in [1.54, 1.807) is 24.1 Å². The van der Waals surface area contributed by atoms with Gasteiger partial charge >= 0.3 is 0 Å². The average Bonchev–Trinajstić information content (AvgIpc) is 2.58. The molecule has 1 fully saturated rings. The van der Waals surface area contributed by atoms with E-state index in [0.29, 0.717) is 17.8 Å². The van der Waals surface area contributed by atoms with Crippen LogP contribution < -0.4 is 10.6 Å². The number of hydrogen-bond donors (Lipinski definition) is 1. The monoisotopic (exact) mass is 258 g/mol. The van der Waals surface area contributed by atoms with Crippen molar-refractivity contribution < 1.29 is 12.8 Å². The Morgan fingerprint density at radius 1 is 1.47 bits per heavy atom. The molecule has 2 rings (SSSR count). The molecule has 0 amide bonds. The molecule has 6 heteroatoms. The molecule has 0 saturated carbocycles. The third kappa shape index (κ3) is 2.52. The average molecular weight is 258 g/mol. The fraction of sp³-hybridized carbons (Fsp3) is 0.455. The molecule has 1 aliphatic heterocycles. The molecule has 1 atom stereocenters. The van der Waals surface area contributed by atoms with Crippen LogP contribution in [-0.4, -0.2) is 33.0 Å². The highest BCUT2D eigenvalue weighted by molar-refractivity contribution is 7.91. The van der Waals surface area contributed by atoms with Gasteiger partial charge in [0.25, 0.3) is 0 Å². The topological polar surface area (TPSA) is 63.4 Å². The Bertz CT molecular complexity index is 530. The van der Waals surface area contributed by atoms with Gasteiger partial charge in [-0.1, -0.05) is 0 Å². The zero-order valence-corrected chi connectivity index (χ0v) is 10.4. The fourth-order valence-corrected chi connectivity index (χ4v) is 3.86. The van der Waals surface area contributed by atoms with E-state index in [1.165, 1.54) is 6.07 Å². The number of nitrogen functional groups attached to an aromatic ring is 1. The molecule has 1 heterocycles. The second-order valence-corrected chi connectivity index (χ2v) is 6.61. The number of anilines is 2. The van der Waals surface area contributed by atoms with Gasteiger partial charge in [0, 0.05) is 18.8 Å². The maximum atomic E-state index is 13.7. The van der Waals surface area contributed by atoms with Crippen molar-refractivity contribution in [3.8, 4) is 0 Å². The lowest BCUT2D eigenvalue weighted by Gasteiger charge is -2.26. The quantitative estimate of drug-likeness (QED) is 0.805. The van der Waals surface area contributed by atoms with E-state index in [4.69, 9.17) is 5.73 Å². The molecule has 0 bridgehead atoms. The smallest absolute Gasteiger partial charge is 0.152 e. The summed E-state index contributed by atoms with van der Waals surface area (Å²) in [6.45, 7) is 0. The Balaban J connectivity index is 2.23. The second-order valence-electron chi connectivity index (χ2n) is 4.38. The van der Waals surface area contributed by atoms with Gasteiger partial charge < -0.3 is 10.6 Å². The minimum Gasteiger partial charge on any atom is -0.399 e. The normalized spacial score (nSPS) is 22.6. The largest absolute Gasteiger partial charge is 0.399 e. The standard InChI is InChI=1S/C11H15FN2O2S/c1-14(9-4-5-17(15,16)7-9)11-3-2-8(13)6-10(11)12/h2-3,6,9H,4-5,7,13H2,1H3. The minimum absolute atomic E-state index is 0.0906. The molecule has 2 N–H and O–H groups in total. The molecule has 1 saturated heterocycles. The molecule has 1 aromatic rings. The number of halogens is 1. The molecule has 0 aliphatic carbocycles. The highest BCUT2D eigenvalue weighted by atomic mass is 32.2. The zero-order chi connectivity index (χ0) is 12.6. The van der Waals surface area contributed by atoms with Crippen LogP contribution in [-0.2, 0) is 9.84 Å². The molecule has 94 valence electrons. The number of rotatable bonds is 2. The maximum absolute atomic E-state index is 13.7. The Morgan fingerprint density at radius 3 is 2.71 bits per heavy atom. The molecular formula is C11H15FN2O2S. The van der Waals surface area contributed by atoms with Crippen LogP contribution in [0.15, 0.2) is 18.2 Å². The van der Waals surface area contributed by atoms with E-state index in [-0.39, 0.29) is 17.5 Å². The summed E-state index contributed by atoms with van der Waals surface area (Å²) in [7, 11) is -1.25. The van der Waals surface area contributed by atoms with Crippen molar-refractivity contribution in [1.29, 1.82) is 0 Å². The molecule has 0 radical (unpaired) electrons. The lowest BCUT2D eigenvalue weighted by Crippen LogP contribution is -2.33. The lowest BCUT2D eigenvalue weighted by molar-refractivity contribution is 0.597. The highest BCUT2D eigenvalue weighted by Crippen LogP contribution is 2.26. The van der Waals surface area contributed by atoms with Crippen molar-refractivity contribution in [3.05, 3.63) is 24.0 Å². The van der Waals surface area contributed by atoms with Gasteiger partial charge in [-0.3, -0.25) is 0 Å². The summed E-state index contributed by atoms with van der Waals surface area (Å²) in [5.74, 6) is -0.150. The Kier molecular flexibility index (Phi) is 2.99. The summed E-state index contributed by atoms with van der Waals surface area (Å²) >= 11 is 0. The van der Waals surface area contributed by atoms with Gasteiger partial charge in [0.15, 0.2) is 9.84 Å². The predicted molar refractivity (Wildman–Crippen MR) is 66.3 cm³/mol. The molecule has 4 nitrogen and oxygen atoms in total. The van der Waals surface area contributed by atoms with Gasteiger partial charge in [-0.25, -0.2) is 12.8 Å². The second kappa shape index (κ2) is 4.18. The number of nitrogens with two attached hydrogens (primary N) is 1. The Labute approximate surface area is 100 Å². The van der Waals surface area contributed by atoms with Crippen molar-refractivity contribution in [2.45, 2.75) is 12.5 Å². The van der Waals surface area contributed by atoms with Crippen LogP contribution in [0.5, 0.6) is 0 Å². The third-order valence-electron chi connectivity index (χ3n) is 3.11. The number of sulfone groups is 1. The third-order valence-corrected chi connectivity index (χ3v) is 4.86. The summed E-state index contributed by atoms with van der Waals surface area (Å²) in [5, 5.41) is 0. The van der Waals surface area contributed by atoms with E-state index in [1.807, 2.05) is 0 Å². The number of nitrogens with zero attached hydrogens (tertiary/aromatic N) is 1. The maximum Gasteiger partial charge on any atom is 0.152 e. The van der Waals surface area contributed by atoms with Gasteiger partial charge in [0.05, 0.1) is 17.2 Å². The van der Waals surface area contributed by atoms with Crippen LogP contribution in [0.4, 0.5) is 15.8 Å². The highest BCUT2D eigenvalue weighted by Gasteiger charge is 2.31. The molecule has 1 aliphatic rings. The van der Waals surface area contributed by atoms with Crippen LogP contribution >= 0.6 is 0 Å². The number of hydrogen-bond acceptors (Lipinski definition) is 4. The predicted octanol–water partition coefficient (Wildman–Crippen LogP) is 1.03. The van der Waals surface area contributed by atoms with Crippen molar-refractivity contribution in [2.75, 3.05) is 29.2 Å². The zero-order valence-electron chi connectivity index (χ0n) is 9.56. The van der Waals surface area contributed by atoms with Gasteiger partial charge in [0.2, 0.25) is 0 Å². The minimum atomic E-state index is -2.96. The Hall–Kier alpha value is -1.30. The van der Waals surface area contributed by atoms with Crippen LogP contribution in [0.3, 0.4) is 0 Å². The summed E-state index contributed by atoms with van der Waals surface area (Å²) in [6.07, 6.45) is 0.544. The summed E-state index contributed by atoms with van der Waals surface area (Å²) in [4.78, 5) is 1.68. The summed E-state index contributed by atoms with van der Waals surface area (Å²) in [6, 6.07) is 4.28. The SMILES string of the molecule is CN(c1ccc(N)cc1F)C1CCS(=O)(=O)C1. The summed E-state index contributed by atoms with van der Waals surface area (Å²) in [5.41, 5.74) is 6.22. The Morgan fingerprint density at radius 2 is 2.18 bits per heavy atom. The van der Waals surface area contributed by atoms with E-state index in [9.17, 15) is 12.8 Å². The molecule has 1 aromatic carbocycles. The molecule has 0 spiro atoms. The molecular weight excluding hydrogens is 243 g/mol. The van der Waals surface area contributed by atoms with Crippen molar-refractivity contribution >= 4 is 21.2 Å². The first-order chi connectivity index (χ1) is 7.89. The van der Waals surface area contributed by atoms with E-state index in [0.717, 1.165) is 0 Å². The van der Waals surface area contributed by atoms with Crippen LogP contribution in [0.1, 0.15) is 6.42 Å². The first kappa shape index (κ1) is 12.2. The fourth-order valence-electron chi connectivity index (χ4n) is 2.09. The van der Waals surface area contributed by atoms with Gasteiger partial charge in [-0.2, -0.15) is 0 Å². The van der Waals surface area contributed by atoms with Crippen LogP contribution in [0.2, 0.25) is 0 Å². The van der Waals surface area contributed by atoms with Gasteiger partial charge in [0.1, 0.15) is 5.82 Å². The molecule has 1 unspecified atom stereocenters. The van der Waals surface area contributed by atoms with Crippen molar-refractivity contribution in [1.82, 2.24) is 0 Å². The first-order valence-electron chi connectivity index (χ1n) is 5.37. The molecule has 0 aromatic heterocycles. The van der Waals surface area contributed by atoms with Crippen LogP contribution in [0, 0.1) is 5.82 Å². The first-order valence-corrected chi connectivity index (χ1v) is 7.19. The van der Waals surface area contributed by atoms with Crippen LogP contribution in [0.25, 0.3) is 0 Å². The van der Waals surface area contributed by atoms with E-state index in [2.05, 4.69) is 0 Å². The van der Waals surface area contributed by atoms with Crippen molar-refractivity contribution in [3.63, 3.8) is 0 Å². The lowest BCUT2D eigenvalue weighted by atomic mass is 10.2. The van der Waals surface area contributed by atoms with Gasteiger partial charge in [-0.15, -0.1) is 0 Å². The van der Waals surface area contributed by atoms with E-state index < -0.39 is 15.7 Å². The number of benzene rings is 1. The van der Waals surface area contributed by atoms with Crippen molar-refractivity contribution in [2.24, 2.45) is 0 Å². The molecule has 17 heavy (non-hydrogen) atoms.